The van der Waals surface area contributed by atoms with Gasteiger partial charge in [0, 0.05) is 25.8 Å². The molecule has 0 aliphatic carbocycles. The Morgan fingerprint density at radius 1 is 1.21 bits per heavy atom. The molecule has 1 amide bonds. The van der Waals surface area contributed by atoms with E-state index in [-0.39, 0.29) is 6.42 Å². The fourth-order valence-electron chi connectivity index (χ4n) is 3.73. The Morgan fingerprint density at radius 3 is 2.41 bits per heavy atom. The van der Waals surface area contributed by atoms with E-state index in [2.05, 4.69) is 5.32 Å². The molecule has 1 aliphatic rings. The minimum absolute atomic E-state index is 0.218. The van der Waals surface area contributed by atoms with E-state index in [0.29, 0.717) is 36.7 Å². The summed E-state index contributed by atoms with van der Waals surface area (Å²) in [5.74, 6) is -0.683. The van der Waals surface area contributed by atoms with Crippen LogP contribution in [0.4, 0.5) is 4.79 Å². The summed E-state index contributed by atoms with van der Waals surface area (Å²) in [5, 5.41) is 12.0. The van der Waals surface area contributed by atoms with Gasteiger partial charge in [0.25, 0.3) is 0 Å². The molecule has 2 heterocycles. The average molecular weight is 403 g/mol. The molecule has 0 bridgehead atoms. The lowest BCUT2D eigenvalue weighted by molar-refractivity contribution is -0.138. The van der Waals surface area contributed by atoms with E-state index < -0.39 is 29.1 Å². The minimum Gasteiger partial charge on any atom is -0.481 e. The summed E-state index contributed by atoms with van der Waals surface area (Å²) in [4.78, 5) is 37.5. The van der Waals surface area contributed by atoms with Crippen LogP contribution in [0.1, 0.15) is 40.0 Å². The normalized spacial score (nSPS) is 16.7. The second kappa shape index (κ2) is 8.41. The third-order valence-corrected chi connectivity index (χ3v) is 5.54. The third kappa shape index (κ3) is 4.70. The highest BCUT2D eigenvalue weighted by atomic mass is 16.5. The maximum Gasteiger partial charge on any atom is 0.337 e. The van der Waals surface area contributed by atoms with Gasteiger partial charge in [-0.05, 0) is 36.3 Å². The first-order valence-electron chi connectivity index (χ1n) is 9.99. The predicted octanol–water partition coefficient (Wildman–Crippen LogP) is 2.68. The molecule has 0 spiro atoms. The number of nitrogens with zero attached hydrogens (tertiary/aromatic N) is 2. The molecule has 1 aromatic carbocycles. The number of imidazole rings is 1. The molecule has 2 aromatic rings. The van der Waals surface area contributed by atoms with Gasteiger partial charge in [0.1, 0.15) is 0 Å². The van der Waals surface area contributed by atoms with E-state index in [9.17, 15) is 19.5 Å². The zero-order valence-electron chi connectivity index (χ0n) is 17.2. The van der Waals surface area contributed by atoms with Crippen LogP contribution < -0.4 is 11.0 Å². The number of carboxylic acid groups (broad SMARTS) is 1. The zero-order chi connectivity index (χ0) is 21.2. The maximum absolute atomic E-state index is 13.2. The van der Waals surface area contributed by atoms with Crippen LogP contribution in [0.25, 0.3) is 11.0 Å². The van der Waals surface area contributed by atoms with Crippen molar-refractivity contribution in [2.75, 3.05) is 13.2 Å². The van der Waals surface area contributed by atoms with Gasteiger partial charge < -0.3 is 15.2 Å². The van der Waals surface area contributed by atoms with E-state index in [1.165, 1.54) is 0 Å². The Morgan fingerprint density at radius 2 is 1.83 bits per heavy atom. The van der Waals surface area contributed by atoms with Crippen LogP contribution in [0.2, 0.25) is 0 Å². The van der Waals surface area contributed by atoms with Gasteiger partial charge in [-0.25, -0.2) is 14.2 Å². The van der Waals surface area contributed by atoms with Gasteiger partial charge >= 0.3 is 17.7 Å². The van der Waals surface area contributed by atoms with Crippen LogP contribution in [0.3, 0.4) is 0 Å². The van der Waals surface area contributed by atoms with Gasteiger partial charge in [0.2, 0.25) is 0 Å². The first-order valence-corrected chi connectivity index (χ1v) is 9.99. The van der Waals surface area contributed by atoms with E-state index in [0.717, 1.165) is 17.4 Å². The molecule has 1 saturated heterocycles. The van der Waals surface area contributed by atoms with E-state index in [1.807, 2.05) is 32.9 Å². The lowest BCUT2D eigenvalue weighted by Gasteiger charge is -2.30. The summed E-state index contributed by atoms with van der Waals surface area (Å²) < 4.78 is 8.17. The first kappa shape index (κ1) is 21.1. The van der Waals surface area contributed by atoms with Crippen LogP contribution in [0.15, 0.2) is 29.1 Å². The smallest absolute Gasteiger partial charge is 0.337 e. The molecule has 1 aliphatic heterocycles. The largest absolute Gasteiger partial charge is 0.481 e. The van der Waals surface area contributed by atoms with E-state index in [4.69, 9.17) is 4.74 Å². The number of hydrogen-bond acceptors (Lipinski definition) is 4. The number of ether oxygens (including phenoxy) is 1. The molecule has 2 N–H and O–H groups in total. The van der Waals surface area contributed by atoms with Crippen LogP contribution in [0, 0.1) is 11.3 Å². The topological polar surface area (TPSA) is 103 Å². The highest BCUT2D eigenvalue weighted by molar-refractivity contribution is 5.89. The Kier molecular flexibility index (Phi) is 6.12. The van der Waals surface area contributed by atoms with Crippen molar-refractivity contribution in [3.05, 3.63) is 34.7 Å². The van der Waals surface area contributed by atoms with Gasteiger partial charge in [-0.3, -0.25) is 9.36 Å². The Balaban J connectivity index is 1.96. The fraction of sp³-hybridized carbons (Fsp3) is 0.571. The van der Waals surface area contributed by atoms with Gasteiger partial charge in [-0.1, -0.05) is 32.9 Å². The van der Waals surface area contributed by atoms with Gasteiger partial charge in [0.05, 0.1) is 17.5 Å². The van der Waals surface area contributed by atoms with Crippen molar-refractivity contribution >= 4 is 23.0 Å². The summed E-state index contributed by atoms with van der Waals surface area (Å²) >= 11 is 0. The van der Waals surface area contributed by atoms with Crippen LogP contribution in [-0.4, -0.2) is 45.5 Å². The number of aliphatic carboxylic acids is 1. The predicted molar refractivity (Wildman–Crippen MR) is 109 cm³/mol. The highest BCUT2D eigenvalue weighted by Gasteiger charge is 2.30. The van der Waals surface area contributed by atoms with Gasteiger partial charge in [0.15, 0.2) is 0 Å². The summed E-state index contributed by atoms with van der Waals surface area (Å²) in [7, 11) is 0. The SMILES string of the molecule is CC(C)(C)[C@@H](CC(=O)O)NC(=O)n1c(=O)n(CC2CCOCC2)c2ccccc21. The fourth-order valence-corrected chi connectivity index (χ4v) is 3.73. The second-order valence-electron chi connectivity index (χ2n) is 8.74. The number of hydrogen-bond donors (Lipinski definition) is 2. The number of benzene rings is 1. The third-order valence-electron chi connectivity index (χ3n) is 5.54. The van der Waals surface area contributed by atoms with Crippen molar-refractivity contribution in [1.82, 2.24) is 14.5 Å². The number of carboxylic acids is 1. The zero-order valence-corrected chi connectivity index (χ0v) is 17.2. The molecule has 158 valence electrons. The molecule has 1 fully saturated rings. The minimum atomic E-state index is -1.00. The highest BCUT2D eigenvalue weighted by Crippen LogP contribution is 2.23. The number of fused-ring (bicyclic) bond motifs is 1. The molecule has 0 radical (unpaired) electrons. The molecule has 29 heavy (non-hydrogen) atoms. The molecule has 3 rings (SSSR count). The lowest BCUT2D eigenvalue weighted by atomic mass is 9.85. The van der Waals surface area contributed by atoms with Crippen molar-refractivity contribution in [3.8, 4) is 0 Å². The van der Waals surface area contributed by atoms with Crippen molar-refractivity contribution < 1.29 is 19.4 Å². The molecular weight excluding hydrogens is 374 g/mol. The number of carbonyl (C=O) groups is 2. The Bertz CT molecular complexity index is 947. The number of rotatable bonds is 5. The number of aromatic nitrogens is 2. The Labute approximate surface area is 169 Å². The summed E-state index contributed by atoms with van der Waals surface area (Å²) in [6, 6.07) is 5.98. The summed E-state index contributed by atoms with van der Waals surface area (Å²) in [6.07, 6.45) is 1.54. The molecule has 1 aromatic heterocycles. The summed E-state index contributed by atoms with van der Waals surface area (Å²) in [6.45, 7) is 7.47. The second-order valence-corrected chi connectivity index (χ2v) is 8.74. The number of para-hydroxylation sites is 2. The van der Waals surface area contributed by atoms with Crippen molar-refractivity contribution in [3.63, 3.8) is 0 Å². The number of carbonyl (C=O) groups excluding carboxylic acids is 1. The van der Waals surface area contributed by atoms with Gasteiger partial charge in [-0.2, -0.15) is 0 Å². The average Bonchev–Trinajstić information content (AvgIpc) is 2.93. The molecule has 1 atom stereocenters. The molecule has 8 heteroatoms. The van der Waals surface area contributed by atoms with E-state index >= 15 is 0 Å². The quantitative estimate of drug-likeness (QED) is 0.799. The van der Waals surface area contributed by atoms with Crippen LogP contribution in [-0.2, 0) is 16.1 Å². The van der Waals surface area contributed by atoms with Crippen molar-refractivity contribution in [2.24, 2.45) is 11.3 Å². The first-order chi connectivity index (χ1) is 13.7. The molecular formula is C21H29N3O5. The summed E-state index contributed by atoms with van der Waals surface area (Å²) in [5.41, 5.74) is 0.339. The van der Waals surface area contributed by atoms with Crippen LogP contribution >= 0.6 is 0 Å². The van der Waals surface area contributed by atoms with Crippen molar-refractivity contribution in [1.29, 1.82) is 0 Å². The molecule has 0 saturated carbocycles. The lowest BCUT2D eigenvalue weighted by Crippen LogP contribution is -2.48. The number of nitrogens with one attached hydrogen (secondary N) is 1. The standard InChI is InChI=1S/C21H29N3O5/c1-21(2,3)17(12-18(25)26)22-19(27)24-16-7-5-4-6-15(16)23(20(24)28)13-14-8-10-29-11-9-14/h4-7,14,17H,8-13H2,1-3H3,(H,22,27)(H,25,26)/t17-/m1/s1. The van der Waals surface area contributed by atoms with Gasteiger partial charge in [-0.15, -0.1) is 0 Å². The molecule has 0 unspecified atom stereocenters. The molecule has 8 nitrogen and oxygen atoms in total. The van der Waals surface area contributed by atoms with Crippen LogP contribution in [0.5, 0.6) is 0 Å². The van der Waals surface area contributed by atoms with Crippen molar-refractivity contribution in [2.45, 2.75) is 52.6 Å². The monoisotopic (exact) mass is 403 g/mol. The van der Waals surface area contributed by atoms with E-state index in [1.54, 1.807) is 16.7 Å². The number of amides is 1. The maximum atomic E-state index is 13.2. The Hall–Kier alpha value is -2.61.